The largest absolute Gasteiger partial charge is 0.492 e. The number of carbonyl (C=O) groups excluding carboxylic acids is 2. The van der Waals surface area contributed by atoms with Gasteiger partial charge in [-0.2, -0.15) is 5.26 Å². The van der Waals surface area contributed by atoms with E-state index in [0.717, 1.165) is 61.6 Å². The second-order valence-electron chi connectivity index (χ2n) is 9.80. The van der Waals surface area contributed by atoms with Crippen molar-refractivity contribution in [3.63, 3.8) is 0 Å². The lowest BCUT2D eigenvalue weighted by Gasteiger charge is -2.36. The molecule has 2 atom stereocenters. The third-order valence-electron chi connectivity index (χ3n) is 7.60. The first-order valence-electron chi connectivity index (χ1n) is 12.3. The van der Waals surface area contributed by atoms with E-state index in [-0.39, 0.29) is 23.7 Å². The number of nitrogens with zero attached hydrogens (tertiary/aromatic N) is 2. The maximum absolute atomic E-state index is 13.6. The summed E-state index contributed by atoms with van der Waals surface area (Å²) in [6.07, 6.45) is 6.41. The lowest BCUT2D eigenvalue weighted by Crippen LogP contribution is -2.44. The van der Waals surface area contributed by atoms with Crippen LogP contribution in [0.1, 0.15) is 63.1 Å². The van der Waals surface area contributed by atoms with Gasteiger partial charge in [-0.25, -0.2) is 0 Å². The van der Waals surface area contributed by atoms with Gasteiger partial charge in [0, 0.05) is 48.5 Å². The second kappa shape index (κ2) is 8.74. The van der Waals surface area contributed by atoms with Crippen molar-refractivity contribution in [2.24, 2.45) is 11.8 Å². The number of hydrogen-bond donors (Lipinski definition) is 2. The molecular formula is C26H32N4O3. The fourth-order valence-electron chi connectivity index (χ4n) is 5.63. The molecule has 2 fully saturated rings. The number of benzene rings is 1. The van der Waals surface area contributed by atoms with Crippen molar-refractivity contribution in [3.8, 4) is 11.8 Å². The zero-order valence-electron chi connectivity index (χ0n) is 19.3. The Bertz CT molecular complexity index is 1110. The molecule has 2 heterocycles. The molecule has 2 amide bonds. The minimum Gasteiger partial charge on any atom is -0.492 e. The Morgan fingerprint density at radius 2 is 2.12 bits per heavy atom. The first kappa shape index (κ1) is 21.8. The standard InChI is InChI=1S/C26H32N4O3/c1-2-33-22-9-5-8-19-20-15-30(13-10-21(20)28-24(19)22)25(32)18-7-4-3-6-17(18)14-23(31)29-26(16-27)11-12-26/h5,8-9,17-18,28H,2-4,6-7,10-15H2,1H3,(H,29,31)/t17-,18-/m1/s1. The first-order chi connectivity index (χ1) is 16.0. The van der Waals surface area contributed by atoms with Gasteiger partial charge in [-0.1, -0.05) is 25.0 Å². The van der Waals surface area contributed by atoms with Gasteiger partial charge in [0.2, 0.25) is 11.8 Å². The van der Waals surface area contributed by atoms with Gasteiger partial charge in [-0.3, -0.25) is 9.59 Å². The summed E-state index contributed by atoms with van der Waals surface area (Å²) in [5, 5.41) is 13.3. The lowest BCUT2D eigenvalue weighted by molar-refractivity contribution is -0.140. The molecule has 1 aromatic heterocycles. The third-order valence-corrected chi connectivity index (χ3v) is 7.60. The maximum atomic E-state index is 13.6. The molecule has 2 aromatic rings. The Balaban J connectivity index is 1.31. The molecule has 174 valence electrons. The van der Waals surface area contributed by atoms with Gasteiger partial charge in [0.15, 0.2) is 0 Å². The van der Waals surface area contributed by atoms with E-state index in [9.17, 15) is 14.9 Å². The fourth-order valence-corrected chi connectivity index (χ4v) is 5.63. The SMILES string of the molecule is CCOc1cccc2c3c([nH]c12)CCN(C(=O)[C@@H]1CCCC[C@@H]1CC(=O)NC1(C#N)CC1)C3. The van der Waals surface area contributed by atoms with Crippen molar-refractivity contribution in [2.75, 3.05) is 13.2 Å². The van der Waals surface area contributed by atoms with Crippen molar-refractivity contribution in [1.29, 1.82) is 5.26 Å². The van der Waals surface area contributed by atoms with Crippen molar-refractivity contribution in [2.45, 2.75) is 70.4 Å². The van der Waals surface area contributed by atoms with Crippen LogP contribution < -0.4 is 10.1 Å². The highest BCUT2D eigenvalue weighted by atomic mass is 16.5. The number of nitrogens with one attached hydrogen (secondary N) is 2. The summed E-state index contributed by atoms with van der Waals surface area (Å²) in [6, 6.07) is 8.30. The van der Waals surface area contributed by atoms with Crippen LogP contribution in [0.5, 0.6) is 5.75 Å². The predicted molar refractivity (Wildman–Crippen MR) is 124 cm³/mol. The van der Waals surface area contributed by atoms with E-state index in [1.807, 2.05) is 24.0 Å². The third kappa shape index (κ3) is 4.19. The normalized spacial score (nSPS) is 23.5. The molecule has 2 aliphatic carbocycles. The molecule has 0 bridgehead atoms. The summed E-state index contributed by atoms with van der Waals surface area (Å²) in [4.78, 5) is 31.8. The monoisotopic (exact) mass is 448 g/mol. The predicted octanol–water partition coefficient (Wildman–Crippen LogP) is 3.82. The van der Waals surface area contributed by atoms with Crippen LogP contribution >= 0.6 is 0 Å². The van der Waals surface area contributed by atoms with Crippen LogP contribution in [0, 0.1) is 23.2 Å². The van der Waals surface area contributed by atoms with Crippen LogP contribution in [0.3, 0.4) is 0 Å². The van der Waals surface area contributed by atoms with E-state index in [4.69, 9.17) is 4.74 Å². The maximum Gasteiger partial charge on any atom is 0.226 e. The number of H-pyrrole nitrogens is 1. The molecule has 1 aromatic carbocycles. The number of hydrogen-bond acceptors (Lipinski definition) is 4. The van der Waals surface area contributed by atoms with Crippen molar-refractivity contribution < 1.29 is 14.3 Å². The Hall–Kier alpha value is -3.01. The zero-order valence-corrected chi connectivity index (χ0v) is 19.3. The molecule has 7 nitrogen and oxygen atoms in total. The molecule has 2 N–H and O–H groups in total. The second-order valence-corrected chi connectivity index (χ2v) is 9.80. The highest BCUT2D eigenvalue weighted by Crippen LogP contribution is 2.38. The van der Waals surface area contributed by atoms with Crippen LogP contribution in [-0.2, 0) is 22.6 Å². The topological polar surface area (TPSA) is 98.2 Å². The van der Waals surface area contributed by atoms with Crippen molar-refractivity contribution in [3.05, 3.63) is 29.5 Å². The van der Waals surface area contributed by atoms with Gasteiger partial charge in [-0.05, 0) is 44.6 Å². The van der Waals surface area contributed by atoms with Gasteiger partial charge in [0.05, 0.1) is 18.2 Å². The van der Waals surface area contributed by atoms with E-state index in [1.54, 1.807) is 0 Å². The number of carbonyl (C=O) groups is 2. The number of para-hydroxylation sites is 1. The number of rotatable bonds is 6. The Morgan fingerprint density at radius 3 is 2.88 bits per heavy atom. The van der Waals surface area contributed by atoms with Crippen LogP contribution in [0.25, 0.3) is 10.9 Å². The Labute approximate surface area is 194 Å². The molecule has 0 unspecified atom stereocenters. The number of amides is 2. The van der Waals surface area contributed by atoms with Crippen molar-refractivity contribution in [1.82, 2.24) is 15.2 Å². The molecule has 1 aliphatic heterocycles. The number of aromatic nitrogens is 1. The number of aromatic amines is 1. The smallest absolute Gasteiger partial charge is 0.226 e. The first-order valence-corrected chi connectivity index (χ1v) is 12.3. The highest BCUT2D eigenvalue weighted by molar-refractivity contribution is 5.90. The molecule has 0 spiro atoms. The number of fused-ring (bicyclic) bond motifs is 3. The van der Waals surface area contributed by atoms with E-state index in [1.165, 1.54) is 11.3 Å². The molecule has 5 rings (SSSR count). The van der Waals surface area contributed by atoms with Crippen molar-refractivity contribution >= 4 is 22.7 Å². The summed E-state index contributed by atoms with van der Waals surface area (Å²) in [6.45, 7) is 3.87. The highest BCUT2D eigenvalue weighted by Gasteiger charge is 2.45. The molecule has 33 heavy (non-hydrogen) atoms. The van der Waals surface area contributed by atoms with Gasteiger partial charge in [0.25, 0.3) is 0 Å². The summed E-state index contributed by atoms with van der Waals surface area (Å²) in [5.41, 5.74) is 2.73. The van der Waals surface area contributed by atoms with Crippen LogP contribution in [0.2, 0.25) is 0 Å². The van der Waals surface area contributed by atoms with Gasteiger partial charge >= 0.3 is 0 Å². The number of nitriles is 1. The van der Waals surface area contributed by atoms with Gasteiger partial charge in [-0.15, -0.1) is 0 Å². The Morgan fingerprint density at radius 1 is 1.30 bits per heavy atom. The van der Waals surface area contributed by atoms with E-state index < -0.39 is 5.54 Å². The van der Waals surface area contributed by atoms with Crippen LogP contribution in [0.15, 0.2) is 18.2 Å². The molecule has 3 aliphatic rings. The lowest BCUT2D eigenvalue weighted by atomic mass is 9.76. The van der Waals surface area contributed by atoms with E-state index in [0.29, 0.717) is 26.1 Å². The minimum absolute atomic E-state index is 0.0506. The molecule has 0 radical (unpaired) electrons. The molecule has 7 heteroatoms. The average molecular weight is 449 g/mol. The van der Waals surface area contributed by atoms with Crippen LogP contribution in [-0.4, -0.2) is 40.4 Å². The Kier molecular flexibility index (Phi) is 5.77. The fraction of sp³-hybridized carbons (Fsp3) is 0.577. The van der Waals surface area contributed by atoms with Gasteiger partial charge in [0.1, 0.15) is 11.3 Å². The van der Waals surface area contributed by atoms with E-state index >= 15 is 0 Å². The van der Waals surface area contributed by atoms with Gasteiger partial charge < -0.3 is 19.9 Å². The van der Waals surface area contributed by atoms with E-state index in [2.05, 4.69) is 22.4 Å². The summed E-state index contributed by atoms with van der Waals surface area (Å²) < 4.78 is 5.79. The number of ether oxygens (including phenoxy) is 1. The summed E-state index contributed by atoms with van der Waals surface area (Å²) >= 11 is 0. The quantitative estimate of drug-likeness (QED) is 0.702. The zero-order chi connectivity index (χ0) is 23.0. The minimum atomic E-state index is -0.649. The van der Waals surface area contributed by atoms with Crippen LogP contribution in [0.4, 0.5) is 0 Å². The summed E-state index contributed by atoms with van der Waals surface area (Å²) in [7, 11) is 0. The molecule has 0 saturated heterocycles. The molecular weight excluding hydrogens is 416 g/mol. The average Bonchev–Trinajstić information content (AvgIpc) is 3.50. The molecule has 2 saturated carbocycles. The summed E-state index contributed by atoms with van der Waals surface area (Å²) in [5.74, 6) is 0.878.